The molecule has 0 aliphatic carbocycles. The second-order valence-electron chi connectivity index (χ2n) is 8.91. The minimum atomic E-state index is -3.44. The van der Waals surface area contributed by atoms with E-state index in [4.69, 9.17) is 16.6 Å². The summed E-state index contributed by atoms with van der Waals surface area (Å²) in [6.45, 7) is 4.13. The number of hydrogen-bond acceptors (Lipinski definition) is 7. The number of aryl methyl sites for hydroxylation is 2. The van der Waals surface area contributed by atoms with Crippen molar-refractivity contribution in [3.8, 4) is 23.0 Å². The predicted octanol–water partition coefficient (Wildman–Crippen LogP) is 4.87. The molecule has 14 heteroatoms. The molecule has 0 saturated carbocycles. The van der Waals surface area contributed by atoms with Gasteiger partial charge in [-0.05, 0) is 25.5 Å². The molecule has 1 atom stereocenters. The maximum atomic E-state index is 15.6. The fourth-order valence-electron chi connectivity index (χ4n) is 4.50. The molecule has 4 aromatic heterocycles. The van der Waals surface area contributed by atoms with Crippen molar-refractivity contribution in [2.75, 3.05) is 5.32 Å². The van der Waals surface area contributed by atoms with Crippen LogP contribution in [0.25, 0.3) is 23.0 Å². The third-order valence-corrected chi connectivity index (χ3v) is 6.67. The summed E-state index contributed by atoms with van der Waals surface area (Å²) in [6, 6.07) is 7.31. The molecule has 6 rings (SSSR count). The van der Waals surface area contributed by atoms with E-state index in [1.165, 1.54) is 22.8 Å². The van der Waals surface area contributed by atoms with Gasteiger partial charge in [0.15, 0.2) is 5.82 Å². The van der Waals surface area contributed by atoms with E-state index in [0.29, 0.717) is 29.7 Å². The van der Waals surface area contributed by atoms with Gasteiger partial charge < -0.3 is 9.88 Å². The number of imidazole rings is 1. The smallest absolute Gasteiger partial charge is 0.326 e. The first-order chi connectivity index (χ1) is 17.7. The molecule has 0 spiro atoms. The summed E-state index contributed by atoms with van der Waals surface area (Å²) in [6.07, 6.45) is 5.22. The second-order valence-corrected chi connectivity index (χ2v) is 9.32. The standard InChI is InChI=1S/C24H21ClF2N10.H2S/c1-13-10-28-23(31-18-8-9-29-35(18)3)32-19(13)17-12-36-11-14(2)37-21(20(36)30-17)33-34-22(37)24(26,27)15-6-4-5-7-16(15)25;/h4-10,12,14H,11H2,1-3H3,(H,28,31,32);1H2/t14-;/m0./s1. The van der Waals surface area contributed by atoms with Gasteiger partial charge in [-0.3, -0.25) is 9.25 Å². The Labute approximate surface area is 228 Å². The minimum Gasteiger partial charge on any atom is -0.326 e. The van der Waals surface area contributed by atoms with Crippen LogP contribution in [0.4, 0.5) is 20.5 Å². The highest BCUT2D eigenvalue weighted by atomic mass is 35.5. The van der Waals surface area contributed by atoms with Crippen LogP contribution < -0.4 is 5.32 Å². The van der Waals surface area contributed by atoms with Crippen LogP contribution >= 0.6 is 25.1 Å². The van der Waals surface area contributed by atoms with E-state index in [-0.39, 0.29) is 35.9 Å². The number of alkyl halides is 2. The van der Waals surface area contributed by atoms with E-state index in [2.05, 4.69) is 30.6 Å². The van der Waals surface area contributed by atoms with E-state index >= 15 is 8.78 Å². The molecule has 196 valence electrons. The molecule has 0 unspecified atom stereocenters. The van der Waals surface area contributed by atoms with Gasteiger partial charge in [0, 0.05) is 37.6 Å². The Morgan fingerprint density at radius 3 is 2.63 bits per heavy atom. The molecule has 10 nitrogen and oxygen atoms in total. The van der Waals surface area contributed by atoms with Crippen molar-refractivity contribution >= 4 is 36.9 Å². The van der Waals surface area contributed by atoms with Crippen molar-refractivity contribution in [2.45, 2.75) is 32.4 Å². The molecular weight excluding hydrogens is 534 g/mol. The topological polar surface area (TPSA) is 104 Å². The Morgan fingerprint density at radius 1 is 1.11 bits per heavy atom. The molecule has 0 amide bonds. The van der Waals surface area contributed by atoms with E-state index < -0.39 is 11.7 Å². The zero-order valence-corrected chi connectivity index (χ0v) is 22.3. The van der Waals surface area contributed by atoms with Crippen LogP contribution in [0.2, 0.25) is 5.02 Å². The number of nitrogens with zero attached hydrogens (tertiary/aromatic N) is 9. The largest absolute Gasteiger partial charge is 0.333 e. The molecule has 0 fully saturated rings. The van der Waals surface area contributed by atoms with Crippen molar-refractivity contribution in [1.29, 1.82) is 0 Å². The third-order valence-electron chi connectivity index (χ3n) is 6.34. The van der Waals surface area contributed by atoms with Crippen LogP contribution in [-0.4, -0.2) is 44.1 Å². The lowest BCUT2D eigenvalue weighted by atomic mass is 10.1. The molecule has 0 bridgehead atoms. The van der Waals surface area contributed by atoms with Crippen LogP contribution in [-0.2, 0) is 19.5 Å². The monoisotopic (exact) mass is 556 g/mol. The van der Waals surface area contributed by atoms with Gasteiger partial charge >= 0.3 is 5.92 Å². The van der Waals surface area contributed by atoms with E-state index in [1.807, 2.05) is 37.7 Å². The van der Waals surface area contributed by atoms with E-state index in [9.17, 15) is 0 Å². The zero-order valence-electron chi connectivity index (χ0n) is 20.6. The first-order valence-electron chi connectivity index (χ1n) is 11.5. The number of aromatic nitrogens is 9. The fourth-order valence-corrected chi connectivity index (χ4v) is 4.75. The zero-order chi connectivity index (χ0) is 25.9. The number of hydrogen-bond donors (Lipinski definition) is 1. The molecule has 38 heavy (non-hydrogen) atoms. The van der Waals surface area contributed by atoms with Gasteiger partial charge in [0.1, 0.15) is 11.5 Å². The number of halogens is 3. The van der Waals surface area contributed by atoms with Gasteiger partial charge in [0.2, 0.25) is 17.6 Å². The maximum Gasteiger partial charge on any atom is 0.333 e. The highest BCUT2D eigenvalue weighted by molar-refractivity contribution is 7.59. The van der Waals surface area contributed by atoms with Crippen LogP contribution in [0.5, 0.6) is 0 Å². The van der Waals surface area contributed by atoms with Gasteiger partial charge in [-0.25, -0.2) is 15.0 Å². The lowest BCUT2D eigenvalue weighted by Crippen LogP contribution is -2.28. The molecule has 5 heterocycles. The van der Waals surface area contributed by atoms with Crippen LogP contribution in [0.1, 0.15) is 29.9 Å². The number of rotatable bonds is 5. The van der Waals surface area contributed by atoms with Crippen LogP contribution in [0.3, 0.4) is 0 Å². The molecular formula is C24H23ClF2N10S. The second kappa shape index (κ2) is 9.48. The Bertz CT molecular complexity index is 1640. The Hall–Kier alpha value is -3.84. The molecule has 5 aromatic rings. The van der Waals surface area contributed by atoms with Gasteiger partial charge in [0.05, 0.1) is 23.0 Å². The molecule has 1 aliphatic heterocycles. The summed E-state index contributed by atoms with van der Waals surface area (Å²) in [5, 5.41) is 15.3. The third kappa shape index (κ3) is 4.11. The first kappa shape index (κ1) is 25.8. The highest BCUT2D eigenvalue weighted by Gasteiger charge is 2.44. The average molecular weight is 557 g/mol. The van der Waals surface area contributed by atoms with Gasteiger partial charge in [-0.1, -0.05) is 29.8 Å². The maximum absolute atomic E-state index is 15.6. The molecule has 1 N–H and O–H groups in total. The Morgan fingerprint density at radius 2 is 1.89 bits per heavy atom. The minimum absolute atomic E-state index is 0. The first-order valence-corrected chi connectivity index (χ1v) is 11.9. The normalized spacial score (nSPS) is 14.5. The lowest BCUT2D eigenvalue weighted by Gasteiger charge is -2.26. The summed E-state index contributed by atoms with van der Waals surface area (Å²) in [5.41, 5.74) is 1.68. The highest BCUT2D eigenvalue weighted by Crippen LogP contribution is 2.42. The van der Waals surface area contributed by atoms with Crippen LogP contribution in [0.15, 0.2) is 48.9 Å². The van der Waals surface area contributed by atoms with Crippen molar-refractivity contribution in [3.05, 3.63) is 70.9 Å². The molecule has 1 aliphatic rings. The van der Waals surface area contributed by atoms with Gasteiger partial charge in [0.25, 0.3) is 0 Å². The number of nitrogens with one attached hydrogen (secondary N) is 1. The van der Waals surface area contributed by atoms with Crippen molar-refractivity contribution in [3.63, 3.8) is 0 Å². The number of fused-ring (bicyclic) bond motifs is 3. The number of benzene rings is 1. The molecule has 0 radical (unpaired) electrons. The average Bonchev–Trinajstić information content (AvgIpc) is 3.59. The predicted molar refractivity (Wildman–Crippen MR) is 143 cm³/mol. The molecule has 1 aromatic carbocycles. The van der Waals surface area contributed by atoms with Crippen molar-refractivity contribution < 1.29 is 8.78 Å². The summed E-state index contributed by atoms with van der Waals surface area (Å²) < 4.78 is 36.2. The van der Waals surface area contributed by atoms with Crippen molar-refractivity contribution in [2.24, 2.45) is 7.05 Å². The van der Waals surface area contributed by atoms with Crippen molar-refractivity contribution in [1.82, 2.24) is 44.1 Å². The lowest BCUT2D eigenvalue weighted by molar-refractivity contribution is 0.0269. The summed E-state index contributed by atoms with van der Waals surface area (Å²) in [5.74, 6) is -2.11. The summed E-state index contributed by atoms with van der Waals surface area (Å²) in [7, 11) is 1.81. The van der Waals surface area contributed by atoms with E-state index in [1.54, 1.807) is 23.1 Å². The molecule has 0 saturated heterocycles. The van der Waals surface area contributed by atoms with E-state index in [0.717, 1.165) is 11.4 Å². The quantitative estimate of drug-likeness (QED) is 0.329. The van der Waals surface area contributed by atoms with Gasteiger partial charge in [-0.2, -0.15) is 27.4 Å². The summed E-state index contributed by atoms with van der Waals surface area (Å²) in [4.78, 5) is 13.7. The van der Waals surface area contributed by atoms with Crippen LogP contribution in [0, 0.1) is 6.92 Å². The SMILES string of the molecule is Cc1cnc(Nc2ccnn2C)nc1-c1cn2c(n1)-c1nnc(C(F)(F)c3ccccc3Cl)n1[C@@H](C)C2.S. The Balaban J connectivity index is 0.00000294. The fraction of sp³-hybridized carbons (Fsp3) is 0.250. The number of anilines is 2. The Kier molecular flexibility index (Phi) is 6.43. The van der Waals surface area contributed by atoms with Gasteiger partial charge in [-0.15, -0.1) is 10.2 Å². The summed E-state index contributed by atoms with van der Waals surface area (Å²) >= 11 is 6.10.